The van der Waals surface area contributed by atoms with E-state index in [2.05, 4.69) is 39.5 Å². The molecule has 0 amide bonds. The van der Waals surface area contributed by atoms with Crippen LogP contribution in [0.4, 0.5) is 0 Å². The smallest absolute Gasteiger partial charge is 0.0483 e. The van der Waals surface area contributed by atoms with Gasteiger partial charge in [-0.2, -0.15) is 0 Å². The SMILES string of the molecule is CCC1(N(CC(C)C)C(C)C)CCOCC1. The quantitative estimate of drug-likeness (QED) is 0.714. The molecular weight excluding hydrogens is 198 g/mol. The number of nitrogens with zero attached hydrogens (tertiary/aromatic N) is 1. The Morgan fingerprint density at radius 1 is 1.12 bits per heavy atom. The molecule has 0 bridgehead atoms. The van der Waals surface area contributed by atoms with Gasteiger partial charge in [0, 0.05) is 31.3 Å². The standard InChI is InChI=1S/C14H29NO/c1-6-14(7-9-16-10-8-14)15(13(4)5)11-12(2)3/h12-13H,6-11H2,1-5H3. The van der Waals surface area contributed by atoms with Gasteiger partial charge in [0.05, 0.1) is 0 Å². The lowest BCUT2D eigenvalue weighted by Crippen LogP contribution is -2.55. The maximum Gasteiger partial charge on any atom is 0.0483 e. The van der Waals surface area contributed by atoms with Crippen molar-refractivity contribution in [1.29, 1.82) is 0 Å². The van der Waals surface area contributed by atoms with Gasteiger partial charge in [-0.25, -0.2) is 0 Å². The maximum atomic E-state index is 5.53. The van der Waals surface area contributed by atoms with Crippen LogP contribution < -0.4 is 0 Å². The molecule has 1 aliphatic rings. The van der Waals surface area contributed by atoms with Crippen LogP contribution in [-0.4, -0.2) is 36.2 Å². The van der Waals surface area contributed by atoms with Gasteiger partial charge in [0.1, 0.15) is 0 Å². The average Bonchev–Trinajstić information content (AvgIpc) is 2.26. The molecule has 0 aromatic rings. The summed E-state index contributed by atoms with van der Waals surface area (Å²) in [4.78, 5) is 2.72. The summed E-state index contributed by atoms with van der Waals surface area (Å²) in [7, 11) is 0. The molecule has 0 N–H and O–H groups in total. The van der Waals surface area contributed by atoms with E-state index in [-0.39, 0.29) is 0 Å². The first-order valence-electron chi connectivity index (χ1n) is 6.86. The van der Waals surface area contributed by atoms with Crippen molar-refractivity contribution in [2.45, 2.75) is 65.5 Å². The molecule has 0 spiro atoms. The van der Waals surface area contributed by atoms with Gasteiger partial charge in [-0.1, -0.05) is 20.8 Å². The van der Waals surface area contributed by atoms with Crippen molar-refractivity contribution in [2.24, 2.45) is 5.92 Å². The first kappa shape index (κ1) is 14.0. The molecular formula is C14H29NO. The summed E-state index contributed by atoms with van der Waals surface area (Å²) < 4.78 is 5.53. The van der Waals surface area contributed by atoms with Crippen molar-refractivity contribution in [3.63, 3.8) is 0 Å². The molecule has 1 saturated heterocycles. The monoisotopic (exact) mass is 227 g/mol. The Kier molecular flexibility index (Phi) is 5.26. The van der Waals surface area contributed by atoms with E-state index in [4.69, 9.17) is 4.74 Å². The highest BCUT2D eigenvalue weighted by Gasteiger charge is 2.38. The van der Waals surface area contributed by atoms with Crippen molar-refractivity contribution in [2.75, 3.05) is 19.8 Å². The summed E-state index contributed by atoms with van der Waals surface area (Å²) in [6.45, 7) is 14.7. The van der Waals surface area contributed by atoms with Crippen LogP contribution in [0.3, 0.4) is 0 Å². The minimum Gasteiger partial charge on any atom is -0.381 e. The highest BCUT2D eigenvalue weighted by atomic mass is 16.5. The van der Waals surface area contributed by atoms with Crippen molar-refractivity contribution in [3.05, 3.63) is 0 Å². The molecule has 1 aliphatic heterocycles. The molecule has 2 heteroatoms. The minimum absolute atomic E-state index is 0.399. The third-order valence-corrected chi connectivity index (χ3v) is 3.88. The second-order valence-electron chi connectivity index (χ2n) is 5.83. The van der Waals surface area contributed by atoms with Crippen LogP contribution >= 0.6 is 0 Å². The third kappa shape index (κ3) is 3.21. The lowest BCUT2D eigenvalue weighted by molar-refractivity contribution is -0.0495. The highest BCUT2D eigenvalue weighted by Crippen LogP contribution is 2.33. The van der Waals surface area contributed by atoms with E-state index < -0.39 is 0 Å². The second kappa shape index (κ2) is 6.02. The van der Waals surface area contributed by atoms with Crippen molar-refractivity contribution < 1.29 is 4.74 Å². The van der Waals surface area contributed by atoms with Gasteiger partial charge >= 0.3 is 0 Å². The van der Waals surface area contributed by atoms with Crippen LogP contribution in [0.1, 0.15) is 53.9 Å². The molecule has 0 atom stereocenters. The number of ether oxygens (including phenoxy) is 1. The zero-order valence-electron chi connectivity index (χ0n) is 11.8. The molecule has 1 rings (SSSR count). The second-order valence-corrected chi connectivity index (χ2v) is 5.83. The zero-order valence-corrected chi connectivity index (χ0v) is 11.8. The summed E-state index contributed by atoms with van der Waals surface area (Å²) in [5.41, 5.74) is 0.399. The van der Waals surface area contributed by atoms with Gasteiger partial charge in [0.15, 0.2) is 0 Å². The molecule has 0 saturated carbocycles. The highest BCUT2D eigenvalue weighted by molar-refractivity contribution is 4.93. The zero-order chi connectivity index (χ0) is 12.2. The van der Waals surface area contributed by atoms with E-state index in [9.17, 15) is 0 Å². The minimum atomic E-state index is 0.399. The van der Waals surface area contributed by atoms with Gasteiger partial charge in [-0.05, 0) is 39.0 Å². The molecule has 16 heavy (non-hydrogen) atoms. The molecule has 2 nitrogen and oxygen atoms in total. The number of rotatable bonds is 5. The van der Waals surface area contributed by atoms with E-state index in [1.807, 2.05) is 0 Å². The van der Waals surface area contributed by atoms with Crippen LogP contribution in [-0.2, 0) is 4.74 Å². The van der Waals surface area contributed by atoms with Crippen LogP contribution in [0, 0.1) is 5.92 Å². The Labute approximate surface area is 101 Å². The van der Waals surface area contributed by atoms with Crippen LogP contribution in [0.15, 0.2) is 0 Å². The van der Waals surface area contributed by atoms with E-state index in [1.165, 1.54) is 25.8 Å². The van der Waals surface area contributed by atoms with Gasteiger partial charge < -0.3 is 4.74 Å². The topological polar surface area (TPSA) is 12.5 Å². The van der Waals surface area contributed by atoms with Crippen LogP contribution in [0.2, 0.25) is 0 Å². The molecule has 1 fully saturated rings. The Bertz CT molecular complexity index is 195. The van der Waals surface area contributed by atoms with Crippen molar-refractivity contribution in [3.8, 4) is 0 Å². The Hall–Kier alpha value is -0.0800. The number of hydrogen-bond acceptors (Lipinski definition) is 2. The van der Waals surface area contributed by atoms with Crippen LogP contribution in [0.5, 0.6) is 0 Å². The summed E-state index contributed by atoms with van der Waals surface area (Å²) in [5.74, 6) is 0.744. The lowest BCUT2D eigenvalue weighted by atomic mass is 9.83. The fraction of sp³-hybridized carbons (Fsp3) is 1.00. The third-order valence-electron chi connectivity index (χ3n) is 3.88. The predicted octanol–water partition coefficient (Wildman–Crippen LogP) is 3.31. The molecule has 0 aliphatic carbocycles. The molecule has 0 unspecified atom stereocenters. The van der Waals surface area contributed by atoms with Crippen molar-refractivity contribution in [1.82, 2.24) is 4.90 Å². The fourth-order valence-corrected chi connectivity index (χ4v) is 2.94. The predicted molar refractivity (Wildman–Crippen MR) is 69.8 cm³/mol. The first-order chi connectivity index (χ1) is 7.52. The fourth-order valence-electron chi connectivity index (χ4n) is 2.94. The van der Waals surface area contributed by atoms with E-state index in [0.717, 1.165) is 19.1 Å². The molecule has 1 heterocycles. The van der Waals surface area contributed by atoms with E-state index >= 15 is 0 Å². The van der Waals surface area contributed by atoms with Gasteiger partial charge in [0.2, 0.25) is 0 Å². The number of hydrogen-bond donors (Lipinski definition) is 0. The molecule has 0 aromatic heterocycles. The van der Waals surface area contributed by atoms with Crippen molar-refractivity contribution >= 4 is 0 Å². The maximum absolute atomic E-state index is 5.53. The summed E-state index contributed by atoms with van der Waals surface area (Å²) in [6, 6.07) is 0.639. The van der Waals surface area contributed by atoms with Gasteiger partial charge in [-0.15, -0.1) is 0 Å². The average molecular weight is 227 g/mol. The Morgan fingerprint density at radius 3 is 2.06 bits per heavy atom. The summed E-state index contributed by atoms with van der Waals surface area (Å²) in [5, 5.41) is 0. The summed E-state index contributed by atoms with van der Waals surface area (Å²) >= 11 is 0. The largest absolute Gasteiger partial charge is 0.381 e. The van der Waals surface area contributed by atoms with E-state index in [0.29, 0.717) is 11.6 Å². The molecule has 96 valence electrons. The molecule has 0 radical (unpaired) electrons. The van der Waals surface area contributed by atoms with Crippen LogP contribution in [0.25, 0.3) is 0 Å². The molecule has 0 aromatic carbocycles. The lowest BCUT2D eigenvalue weighted by Gasteiger charge is -2.49. The first-order valence-corrected chi connectivity index (χ1v) is 6.86. The normalized spacial score (nSPS) is 21.0. The Balaban J connectivity index is 2.78. The van der Waals surface area contributed by atoms with Gasteiger partial charge in [-0.3, -0.25) is 4.90 Å². The Morgan fingerprint density at radius 2 is 1.69 bits per heavy atom. The van der Waals surface area contributed by atoms with Gasteiger partial charge in [0.25, 0.3) is 0 Å². The summed E-state index contributed by atoms with van der Waals surface area (Å²) in [6.07, 6.45) is 3.66. The van der Waals surface area contributed by atoms with E-state index in [1.54, 1.807) is 0 Å².